The number of amidine groups is 1. The number of ether oxygens (including phenoxy) is 2. The van der Waals surface area contributed by atoms with Gasteiger partial charge in [0.05, 0.1) is 32.0 Å². The van der Waals surface area contributed by atoms with Gasteiger partial charge in [0, 0.05) is 42.6 Å². The quantitative estimate of drug-likeness (QED) is 0.217. The summed E-state index contributed by atoms with van der Waals surface area (Å²) < 4.78 is 25.6. The van der Waals surface area contributed by atoms with Crippen LogP contribution in [0.1, 0.15) is 18.9 Å². The van der Waals surface area contributed by atoms with E-state index in [0.29, 0.717) is 44.3 Å². The first-order valence-corrected chi connectivity index (χ1v) is 11.7. The summed E-state index contributed by atoms with van der Waals surface area (Å²) in [6.07, 6.45) is 2.50. The Morgan fingerprint density at radius 3 is 2.76 bits per heavy atom. The van der Waals surface area contributed by atoms with Gasteiger partial charge in [-0.1, -0.05) is 23.4 Å². The predicted molar refractivity (Wildman–Crippen MR) is 131 cm³/mol. The third-order valence-electron chi connectivity index (χ3n) is 5.82. The molecule has 0 aliphatic carbocycles. The number of rotatable bonds is 9. The van der Waals surface area contributed by atoms with E-state index < -0.39 is 11.8 Å². The molecule has 2 aliphatic rings. The molecule has 2 aromatic rings. The molecule has 1 amide bonds. The number of hydrogen-bond acceptors (Lipinski definition) is 10. The highest BCUT2D eigenvalue weighted by Gasteiger charge is 2.26. The van der Waals surface area contributed by atoms with E-state index in [-0.39, 0.29) is 48.6 Å². The smallest absolute Gasteiger partial charge is 0.313 e. The lowest BCUT2D eigenvalue weighted by Crippen LogP contribution is -2.49. The maximum atomic E-state index is 15.0. The number of esters is 1. The average Bonchev–Trinajstić information content (AvgIpc) is 2.85. The number of halogens is 1. The predicted octanol–water partition coefficient (Wildman–Crippen LogP) is 1.09. The third-order valence-corrected chi connectivity index (χ3v) is 5.82. The van der Waals surface area contributed by atoms with E-state index in [1.165, 1.54) is 25.4 Å². The molecule has 3 heterocycles. The first-order chi connectivity index (χ1) is 17.8. The number of morpholine rings is 1. The van der Waals surface area contributed by atoms with Crippen molar-refractivity contribution >= 4 is 29.4 Å². The van der Waals surface area contributed by atoms with Crippen molar-refractivity contribution in [3.63, 3.8) is 0 Å². The van der Waals surface area contributed by atoms with Crippen LogP contribution in [-0.4, -0.2) is 83.8 Å². The summed E-state index contributed by atoms with van der Waals surface area (Å²) in [4.78, 5) is 40.8. The molecule has 1 unspecified atom stereocenters. The van der Waals surface area contributed by atoms with E-state index in [0.717, 1.165) is 5.71 Å². The van der Waals surface area contributed by atoms with Gasteiger partial charge >= 0.3 is 5.97 Å². The Kier molecular flexibility index (Phi) is 8.23. The normalized spacial score (nSPS) is 17.1. The van der Waals surface area contributed by atoms with Gasteiger partial charge in [0.2, 0.25) is 11.9 Å². The second-order valence-corrected chi connectivity index (χ2v) is 8.68. The van der Waals surface area contributed by atoms with Crippen LogP contribution < -0.4 is 10.6 Å². The number of nitrogens with one attached hydrogen (secondary N) is 1. The zero-order valence-electron chi connectivity index (χ0n) is 20.4. The molecule has 3 N–H and O–H groups in total. The molecule has 0 spiro atoms. The molecule has 0 saturated carbocycles. The summed E-state index contributed by atoms with van der Waals surface area (Å²) in [6.45, 7) is 4.08. The van der Waals surface area contributed by atoms with Crippen molar-refractivity contribution in [1.82, 2.24) is 14.9 Å². The number of anilines is 1. The fourth-order valence-corrected chi connectivity index (χ4v) is 3.81. The van der Waals surface area contributed by atoms with E-state index in [2.05, 4.69) is 15.1 Å². The van der Waals surface area contributed by atoms with Crippen molar-refractivity contribution in [2.24, 2.45) is 10.9 Å². The highest BCUT2D eigenvalue weighted by atomic mass is 19.1. The van der Waals surface area contributed by atoms with Crippen LogP contribution in [0, 0.1) is 11.2 Å². The second kappa shape index (κ2) is 11.7. The van der Waals surface area contributed by atoms with Crippen molar-refractivity contribution < 1.29 is 28.3 Å². The lowest BCUT2D eigenvalue weighted by molar-refractivity contribution is -0.143. The Bertz CT molecular complexity index is 1180. The van der Waals surface area contributed by atoms with Crippen LogP contribution in [0.15, 0.2) is 35.7 Å². The molecular weight excluding hydrogens is 485 g/mol. The molecule has 2 fully saturated rings. The second-order valence-electron chi connectivity index (χ2n) is 8.68. The Morgan fingerprint density at radius 1 is 1.30 bits per heavy atom. The molecule has 12 nitrogen and oxygen atoms in total. The Hall–Kier alpha value is -4.13. The molecular formula is C24H28FN7O5. The number of carbonyl (C=O) groups is 2. The first-order valence-electron chi connectivity index (χ1n) is 11.7. The minimum absolute atomic E-state index is 0.0161. The number of aromatic nitrogens is 2. The Balaban J connectivity index is 1.28. The van der Waals surface area contributed by atoms with Crippen molar-refractivity contribution in [3.05, 3.63) is 42.0 Å². The molecule has 2 saturated heterocycles. The number of carbonyl (C=O) groups excluding carboxylic acids is 2. The van der Waals surface area contributed by atoms with Crippen LogP contribution in [0.2, 0.25) is 0 Å². The summed E-state index contributed by atoms with van der Waals surface area (Å²) in [5.41, 5.74) is 6.94. The minimum atomic E-state index is -0.699. The Labute approximate surface area is 212 Å². The SMILES string of the molecule is CC(=O)N1CCOC(CON=C2CN(c3ncc(-c4cccc(COC(=O)CC(=N)N)c4F)cn3)C2)C1. The topological polar surface area (TPSA) is 156 Å². The fraction of sp³-hybridized carbons (Fsp3) is 0.417. The van der Waals surface area contributed by atoms with Gasteiger partial charge < -0.3 is 29.8 Å². The van der Waals surface area contributed by atoms with Gasteiger partial charge in [0.1, 0.15) is 37.4 Å². The lowest BCUT2D eigenvalue weighted by Gasteiger charge is -2.33. The zero-order valence-corrected chi connectivity index (χ0v) is 20.4. The van der Waals surface area contributed by atoms with E-state index in [1.54, 1.807) is 17.0 Å². The largest absolute Gasteiger partial charge is 0.460 e. The van der Waals surface area contributed by atoms with E-state index in [9.17, 15) is 14.0 Å². The summed E-state index contributed by atoms with van der Waals surface area (Å²) in [5, 5.41) is 11.2. The molecule has 196 valence electrons. The van der Waals surface area contributed by atoms with E-state index in [4.69, 9.17) is 25.5 Å². The van der Waals surface area contributed by atoms with Gasteiger partial charge in [0.25, 0.3) is 0 Å². The van der Waals surface area contributed by atoms with Gasteiger partial charge in [0.15, 0.2) is 0 Å². The molecule has 1 aromatic heterocycles. The van der Waals surface area contributed by atoms with Crippen LogP contribution in [0.25, 0.3) is 11.1 Å². The monoisotopic (exact) mass is 513 g/mol. The highest BCUT2D eigenvalue weighted by molar-refractivity contribution is 5.98. The zero-order chi connectivity index (χ0) is 26.4. The molecule has 0 bridgehead atoms. The number of oxime groups is 1. The highest BCUT2D eigenvalue weighted by Crippen LogP contribution is 2.26. The van der Waals surface area contributed by atoms with Gasteiger partial charge in [-0.25, -0.2) is 14.4 Å². The van der Waals surface area contributed by atoms with Crippen molar-refractivity contribution in [1.29, 1.82) is 5.41 Å². The lowest BCUT2D eigenvalue weighted by atomic mass is 10.1. The van der Waals surface area contributed by atoms with Crippen LogP contribution in [0.4, 0.5) is 10.3 Å². The van der Waals surface area contributed by atoms with Crippen LogP contribution >= 0.6 is 0 Å². The summed E-state index contributed by atoms with van der Waals surface area (Å²) in [7, 11) is 0. The summed E-state index contributed by atoms with van der Waals surface area (Å²) >= 11 is 0. The number of hydrogen-bond donors (Lipinski definition) is 2. The van der Waals surface area contributed by atoms with Crippen molar-refractivity contribution in [2.45, 2.75) is 26.1 Å². The average molecular weight is 514 g/mol. The molecule has 13 heteroatoms. The van der Waals surface area contributed by atoms with E-state index >= 15 is 0 Å². The van der Waals surface area contributed by atoms with Crippen molar-refractivity contribution in [2.75, 3.05) is 44.3 Å². The number of benzene rings is 1. The van der Waals surface area contributed by atoms with Gasteiger partial charge in [-0.3, -0.25) is 15.0 Å². The van der Waals surface area contributed by atoms with Gasteiger partial charge in [-0.05, 0) is 0 Å². The van der Waals surface area contributed by atoms with Crippen LogP contribution in [0.3, 0.4) is 0 Å². The standard InChI is InChI=1S/C24H28FN7O5/c1-15(33)31-5-6-35-19(12-31)14-37-30-18-10-32(11-18)24-28-8-17(9-29-24)20-4-2-3-16(23(20)25)13-36-22(34)7-21(26)27/h2-4,8-9,19H,5-7,10-14H2,1H3,(H3,26,27). The number of nitrogens with zero attached hydrogens (tertiary/aromatic N) is 5. The van der Waals surface area contributed by atoms with Gasteiger partial charge in [-0.2, -0.15) is 0 Å². The molecule has 1 atom stereocenters. The molecule has 2 aliphatic heterocycles. The van der Waals surface area contributed by atoms with Crippen LogP contribution in [-0.2, 0) is 30.5 Å². The van der Waals surface area contributed by atoms with Gasteiger partial charge in [-0.15, -0.1) is 0 Å². The summed E-state index contributed by atoms with van der Waals surface area (Å²) in [6, 6.07) is 4.75. The Morgan fingerprint density at radius 2 is 2.05 bits per heavy atom. The minimum Gasteiger partial charge on any atom is -0.460 e. The molecule has 1 aromatic carbocycles. The van der Waals surface area contributed by atoms with Crippen LogP contribution in [0.5, 0.6) is 0 Å². The fourth-order valence-electron chi connectivity index (χ4n) is 3.81. The number of amides is 1. The summed E-state index contributed by atoms with van der Waals surface area (Å²) in [5.74, 6) is -1.07. The van der Waals surface area contributed by atoms with Crippen molar-refractivity contribution in [3.8, 4) is 11.1 Å². The maximum Gasteiger partial charge on any atom is 0.313 e. The first kappa shape index (κ1) is 25.9. The molecule has 4 rings (SSSR count). The third kappa shape index (κ3) is 6.76. The van der Waals surface area contributed by atoms with E-state index in [1.807, 2.05) is 4.90 Å². The molecule has 37 heavy (non-hydrogen) atoms. The maximum absolute atomic E-state index is 15.0. The number of nitrogens with two attached hydrogens (primary N) is 1. The molecule has 0 radical (unpaired) electrons.